The summed E-state index contributed by atoms with van der Waals surface area (Å²) < 4.78 is 10.5. The lowest BCUT2D eigenvalue weighted by Crippen LogP contribution is -2.43. The fourth-order valence-electron chi connectivity index (χ4n) is 4.62. The number of aryl methyl sites for hydroxylation is 1. The molecule has 0 unspecified atom stereocenters. The summed E-state index contributed by atoms with van der Waals surface area (Å²) in [7, 11) is 1.23. The number of benzene rings is 1. The lowest BCUT2D eigenvalue weighted by atomic mass is 9.69. The van der Waals surface area contributed by atoms with Gasteiger partial charge in [0.2, 0.25) is 0 Å². The van der Waals surface area contributed by atoms with Crippen LogP contribution in [0.4, 0.5) is 5.69 Å². The molecule has 3 rings (SSSR count). The summed E-state index contributed by atoms with van der Waals surface area (Å²) in [6, 6.07) is 4.65. The smallest absolute Gasteiger partial charge is 0.337 e. The fraction of sp³-hybridized carbons (Fsp3) is 0.480. The highest BCUT2D eigenvalue weighted by atomic mass is 16.6. The fourth-order valence-corrected chi connectivity index (χ4v) is 4.62. The van der Waals surface area contributed by atoms with E-state index in [-0.39, 0.29) is 28.9 Å². The minimum atomic E-state index is -1.03. The van der Waals surface area contributed by atoms with E-state index in [2.05, 4.69) is 5.32 Å². The van der Waals surface area contributed by atoms with Crippen LogP contribution in [0.25, 0.3) is 0 Å². The number of methoxy groups -OCH3 is 1. The van der Waals surface area contributed by atoms with Crippen LogP contribution in [0.1, 0.15) is 57.6 Å². The lowest BCUT2D eigenvalue weighted by molar-refractivity contribution is -0.385. The van der Waals surface area contributed by atoms with Crippen molar-refractivity contribution in [3.8, 4) is 0 Å². The van der Waals surface area contributed by atoms with Gasteiger partial charge in [-0.1, -0.05) is 26.0 Å². The maximum absolute atomic E-state index is 13.7. The van der Waals surface area contributed by atoms with E-state index in [1.807, 2.05) is 6.92 Å². The Morgan fingerprint density at radius 1 is 1.29 bits per heavy atom. The molecular formula is C25H30N2O7. The Hall–Kier alpha value is -3.49. The number of rotatable bonds is 6. The van der Waals surface area contributed by atoms with Crippen LogP contribution in [0.3, 0.4) is 0 Å². The Morgan fingerprint density at radius 2 is 1.97 bits per heavy atom. The molecule has 1 aromatic carbocycles. The average Bonchev–Trinajstić information content (AvgIpc) is 2.77. The molecule has 1 aromatic rings. The van der Waals surface area contributed by atoms with E-state index in [4.69, 9.17) is 9.47 Å². The Morgan fingerprint density at radius 3 is 2.56 bits per heavy atom. The number of hydrogen-bond acceptors (Lipinski definition) is 8. The number of hydrogen-bond donors (Lipinski definition) is 1. The van der Waals surface area contributed by atoms with Crippen molar-refractivity contribution in [1.29, 1.82) is 0 Å². The van der Waals surface area contributed by atoms with Gasteiger partial charge < -0.3 is 14.8 Å². The molecule has 0 fully saturated rings. The molecule has 1 aliphatic heterocycles. The van der Waals surface area contributed by atoms with Crippen molar-refractivity contribution in [2.24, 2.45) is 11.8 Å². The predicted octanol–water partition coefficient (Wildman–Crippen LogP) is 3.86. The molecule has 1 heterocycles. The van der Waals surface area contributed by atoms with Crippen molar-refractivity contribution in [2.45, 2.75) is 59.5 Å². The summed E-state index contributed by atoms with van der Waals surface area (Å²) in [4.78, 5) is 50.6. The predicted molar refractivity (Wildman–Crippen MR) is 124 cm³/mol. The number of nitro benzene ring substituents is 1. The zero-order valence-electron chi connectivity index (χ0n) is 20.3. The lowest BCUT2D eigenvalue weighted by Gasteiger charge is -2.38. The Balaban J connectivity index is 2.23. The van der Waals surface area contributed by atoms with E-state index in [0.717, 1.165) is 0 Å². The first-order valence-corrected chi connectivity index (χ1v) is 11.3. The van der Waals surface area contributed by atoms with Gasteiger partial charge in [0, 0.05) is 34.5 Å². The van der Waals surface area contributed by atoms with E-state index in [9.17, 15) is 24.5 Å². The van der Waals surface area contributed by atoms with Crippen LogP contribution in [-0.2, 0) is 23.9 Å². The molecular weight excluding hydrogens is 440 g/mol. The first kappa shape index (κ1) is 25.1. The number of ether oxygens (including phenoxy) is 2. The second kappa shape index (κ2) is 9.79. The molecule has 1 N–H and O–H groups in total. The number of nitro groups is 1. The number of carbonyl (C=O) groups is 3. The number of nitrogens with one attached hydrogen (secondary N) is 1. The van der Waals surface area contributed by atoms with Crippen molar-refractivity contribution in [3.05, 3.63) is 62.0 Å². The van der Waals surface area contributed by atoms with Gasteiger partial charge in [-0.2, -0.15) is 0 Å². The molecule has 1 aliphatic carbocycles. The molecule has 9 nitrogen and oxygen atoms in total. The topological polar surface area (TPSA) is 125 Å². The number of ketones is 1. The minimum absolute atomic E-state index is 0.119. The minimum Gasteiger partial charge on any atom is -0.468 e. The molecule has 2 aliphatic rings. The molecule has 9 heteroatoms. The van der Waals surface area contributed by atoms with Gasteiger partial charge in [-0.15, -0.1) is 0 Å². The van der Waals surface area contributed by atoms with Crippen molar-refractivity contribution < 1.29 is 28.8 Å². The van der Waals surface area contributed by atoms with Gasteiger partial charge in [0.05, 0.1) is 23.7 Å². The summed E-state index contributed by atoms with van der Waals surface area (Å²) in [5.41, 5.74) is 2.30. The number of carbonyl (C=O) groups excluding carboxylic acids is 3. The molecule has 0 aromatic heterocycles. The Kier molecular flexibility index (Phi) is 7.24. The third-order valence-corrected chi connectivity index (χ3v) is 6.61. The van der Waals surface area contributed by atoms with Gasteiger partial charge in [-0.25, -0.2) is 4.79 Å². The molecule has 0 spiro atoms. The van der Waals surface area contributed by atoms with Gasteiger partial charge in [0.15, 0.2) is 5.78 Å². The summed E-state index contributed by atoms with van der Waals surface area (Å²) in [5, 5.41) is 14.8. The van der Waals surface area contributed by atoms with E-state index >= 15 is 0 Å². The second-order valence-electron chi connectivity index (χ2n) is 8.96. The van der Waals surface area contributed by atoms with Gasteiger partial charge in [0.25, 0.3) is 5.69 Å². The first-order valence-electron chi connectivity index (χ1n) is 11.3. The normalized spacial score (nSPS) is 23.1. The third-order valence-electron chi connectivity index (χ3n) is 6.61. The van der Waals surface area contributed by atoms with E-state index in [0.29, 0.717) is 35.4 Å². The summed E-state index contributed by atoms with van der Waals surface area (Å²) in [5.74, 6) is -3.98. The summed E-state index contributed by atoms with van der Waals surface area (Å²) in [6.07, 6.45) is 0.623. The summed E-state index contributed by atoms with van der Waals surface area (Å²) in [6.45, 7) is 8.78. The molecule has 0 bridgehead atoms. The molecule has 0 amide bonds. The molecule has 0 saturated heterocycles. The van der Waals surface area contributed by atoms with E-state index in [1.165, 1.54) is 13.2 Å². The molecule has 182 valence electrons. The van der Waals surface area contributed by atoms with Gasteiger partial charge in [-0.05, 0) is 45.1 Å². The molecule has 34 heavy (non-hydrogen) atoms. The van der Waals surface area contributed by atoms with Crippen LogP contribution in [0, 0.1) is 28.9 Å². The molecule has 0 radical (unpaired) electrons. The highest BCUT2D eigenvalue weighted by Crippen LogP contribution is 2.46. The Labute approximate surface area is 198 Å². The van der Waals surface area contributed by atoms with Gasteiger partial charge in [-0.3, -0.25) is 19.7 Å². The number of esters is 2. The molecule has 0 saturated carbocycles. The van der Waals surface area contributed by atoms with Crippen LogP contribution in [0.5, 0.6) is 0 Å². The first-order chi connectivity index (χ1) is 16.0. The van der Waals surface area contributed by atoms with E-state index in [1.54, 1.807) is 39.8 Å². The van der Waals surface area contributed by atoms with Crippen LogP contribution in [0.15, 0.2) is 40.7 Å². The summed E-state index contributed by atoms with van der Waals surface area (Å²) >= 11 is 0. The maximum atomic E-state index is 13.7. The van der Waals surface area contributed by atoms with Crippen molar-refractivity contribution in [2.75, 3.05) is 7.11 Å². The highest BCUT2D eigenvalue weighted by molar-refractivity contribution is 6.12. The number of dihydropyridines is 1. The SMILES string of the molecule is CC[C@H](C)OC(=O)C1=C(C)NC2=C(C(=O)[C@H](C(=O)OC)[C@H](C)C2)[C@H]1c1ccc(C)c([N+](=O)[O-])c1. The van der Waals surface area contributed by atoms with Crippen LogP contribution in [-0.4, -0.2) is 35.9 Å². The van der Waals surface area contributed by atoms with Crippen molar-refractivity contribution in [1.82, 2.24) is 5.32 Å². The van der Waals surface area contributed by atoms with Crippen molar-refractivity contribution >= 4 is 23.4 Å². The largest absolute Gasteiger partial charge is 0.468 e. The second-order valence-corrected chi connectivity index (χ2v) is 8.96. The van der Waals surface area contributed by atoms with Gasteiger partial charge in [0.1, 0.15) is 5.92 Å². The van der Waals surface area contributed by atoms with Gasteiger partial charge >= 0.3 is 11.9 Å². The van der Waals surface area contributed by atoms with Crippen LogP contribution >= 0.6 is 0 Å². The quantitative estimate of drug-likeness (QED) is 0.288. The van der Waals surface area contributed by atoms with E-state index < -0.39 is 34.5 Å². The number of Topliss-reactive ketones (excluding diaryl/α,β-unsaturated/α-hetero) is 1. The standard InChI is InChI=1S/C25H30N2O7/c1-7-14(4)34-25(30)20-15(5)26-17-10-13(3)19(24(29)33-6)23(28)22(17)21(20)16-9-8-12(2)18(11-16)27(31)32/h8-9,11,13-14,19,21,26H,7,10H2,1-6H3/t13-,14+,19-,21+/m1/s1. The third kappa shape index (κ3) is 4.47. The zero-order valence-corrected chi connectivity index (χ0v) is 20.3. The van der Waals surface area contributed by atoms with Crippen LogP contribution in [0.2, 0.25) is 0 Å². The monoisotopic (exact) mass is 470 g/mol. The Bertz CT molecular complexity index is 1120. The number of allylic oxidation sites excluding steroid dienone is 3. The van der Waals surface area contributed by atoms with Crippen molar-refractivity contribution in [3.63, 3.8) is 0 Å². The number of nitrogens with zero attached hydrogens (tertiary/aromatic N) is 1. The highest BCUT2D eigenvalue weighted by Gasteiger charge is 2.47. The van der Waals surface area contributed by atoms with Crippen LogP contribution < -0.4 is 5.32 Å². The average molecular weight is 471 g/mol. The zero-order chi connectivity index (χ0) is 25.3. The maximum Gasteiger partial charge on any atom is 0.337 e. The molecule has 4 atom stereocenters.